The highest BCUT2D eigenvalue weighted by atomic mass is 16.6. The lowest BCUT2D eigenvalue weighted by Crippen LogP contribution is -2.44. The number of nitro groups is 1. The summed E-state index contributed by atoms with van der Waals surface area (Å²) in [7, 11) is 0. The summed E-state index contributed by atoms with van der Waals surface area (Å²) < 4.78 is 5.68. The van der Waals surface area contributed by atoms with E-state index in [2.05, 4.69) is 10.3 Å². The van der Waals surface area contributed by atoms with Crippen molar-refractivity contribution in [3.05, 3.63) is 33.9 Å². The van der Waals surface area contributed by atoms with Crippen molar-refractivity contribution in [2.45, 2.75) is 32.6 Å². The van der Waals surface area contributed by atoms with Crippen molar-refractivity contribution in [1.82, 2.24) is 4.90 Å². The molecule has 0 aromatic heterocycles. The minimum Gasteiger partial charge on any atom is -0.373 e. The maximum absolute atomic E-state index is 11.0. The molecule has 1 heterocycles. The molecule has 0 saturated carbocycles. The normalized spacial score (nSPS) is 23.6. The van der Waals surface area contributed by atoms with Crippen LogP contribution in [0.15, 0.2) is 18.2 Å². The van der Waals surface area contributed by atoms with Gasteiger partial charge in [-0.3, -0.25) is 20.9 Å². The maximum Gasteiger partial charge on any atom is 0.293 e. The molecule has 2 rings (SSSR count). The number of para-hydroxylation sites is 1. The van der Waals surface area contributed by atoms with Crippen molar-refractivity contribution >= 4 is 11.4 Å². The van der Waals surface area contributed by atoms with E-state index in [1.54, 1.807) is 6.07 Å². The summed E-state index contributed by atoms with van der Waals surface area (Å²) in [5.74, 6) is 5.45. The van der Waals surface area contributed by atoms with E-state index in [1.807, 2.05) is 19.9 Å². The molecule has 1 saturated heterocycles. The maximum atomic E-state index is 11.0. The minimum atomic E-state index is -0.427. The van der Waals surface area contributed by atoms with Gasteiger partial charge in [0.05, 0.1) is 17.1 Å². The summed E-state index contributed by atoms with van der Waals surface area (Å²) in [5, 5.41) is 11.0. The standard InChI is InChI=1S/C13H20N4O3/c1-9-6-16(7-10(2)20-9)8-11-4-3-5-12(17(18)19)13(11)15-14/h3-5,9-10,15H,6-8,14H2,1-2H3/t9-,10+. The van der Waals surface area contributed by atoms with Crippen molar-refractivity contribution in [1.29, 1.82) is 0 Å². The first kappa shape index (κ1) is 14.7. The number of anilines is 1. The fourth-order valence-corrected chi connectivity index (χ4v) is 2.69. The van der Waals surface area contributed by atoms with Gasteiger partial charge in [-0.1, -0.05) is 12.1 Å². The Balaban J connectivity index is 2.20. The second kappa shape index (κ2) is 6.17. The molecule has 20 heavy (non-hydrogen) atoms. The number of nitrogen functional groups attached to an aromatic ring is 1. The Labute approximate surface area is 117 Å². The van der Waals surface area contributed by atoms with Crippen LogP contribution in [0.3, 0.4) is 0 Å². The average molecular weight is 280 g/mol. The Morgan fingerprint density at radius 2 is 2.10 bits per heavy atom. The van der Waals surface area contributed by atoms with Crippen LogP contribution in [0, 0.1) is 10.1 Å². The van der Waals surface area contributed by atoms with Crippen molar-refractivity contribution < 1.29 is 9.66 Å². The van der Waals surface area contributed by atoms with Gasteiger partial charge in [-0.25, -0.2) is 0 Å². The molecule has 1 aliphatic heterocycles. The Hall–Kier alpha value is -1.70. The van der Waals surface area contributed by atoms with Gasteiger partial charge in [0.2, 0.25) is 0 Å². The number of nitrogens with one attached hydrogen (secondary N) is 1. The Morgan fingerprint density at radius 3 is 2.65 bits per heavy atom. The molecule has 0 radical (unpaired) electrons. The van der Waals surface area contributed by atoms with Gasteiger partial charge in [0.15, 0.2) is 0 Å². The summed E-state index contributed by atoms with van der Waals surface area (Å²) in [5.41, 5.74) is 3.66. The van der Waals surface area contributed by atoms with Gasteiger partial charge in [-0.05, 0) is 19.4 Å². The molecule has 0 unspecified atom stereocenters. The number of hydrazine groups is 1. The van der Waals surface area contributed by atoms with E-state index in [0.29, 0.717) is 12.2 Å². The summed E-state index contributed by atoms with van der Waals surface area (Å²) in [6.07, 6.45) is 0.318. The van der Waals surface area contributed by atoms with Gasteiger partial charge in [0.1, 0.15) is 5.69 Å². The van der Waals surface area contributed by atoms with Crippen LogP contribution in [0.1, 0.15) is 19.4 Å². The molecular weight excluding hydrogens is 260 g/mol. The fraction of sp³-hybridized carbons (Fsp3) is 0.538. The zero-order valence-electron chi connectivity index (χ0n) is 11.7. The Morgan fingerprint density at radius 1 is 1.45 bits per heavy atom. The average Bonchev–Trinajstić information content (AvgIpc) is 2.37. The third kappa shape index (κ3) is 3.24. The lowest BCUT2D eigenvalue weighted by Gasteiger charge is -2.35. The lowest BCUT2D eigenvalue weighted by molar-refractivity contribution is -0.384. The highest BCUT2D eigenvalue weighted by molar-refractivity contribution is 5.65. The van der Waals surface area contributed by atoms with Crippen molar-refractivity contribution in [3.8, 4) is 0 Å². The van der Waals surface area contributed by atoms with Crippen molar-refractivity contribution in [2.75, 3.05) is 18.5 Å². The van der Waals surface area contributed by atoms with Crippen LogP contribution >= 0.6 is 0 Å². The summed E-state index contributed by atoms with van der Waals surface area (Å²) in [4.78, 5) is 12.8. The van der Waals surface area contributed by atoms with E-state index in [1.165, 1.54) is 6.07 Å². The molecule has 7 heteroatoms. The van der Waals surface area contributed by atoms with Crippen LogP contribution in [0.5, 0.6) is 0 Å². The molecule has 0 amide bonds. The van der Waals surface area contributed by atoms with Gasteiger partial charge in [0.25, 0.3) is 5.69 Å². The third-order valence-corrected chi connectivity index (χ3v) is 3.36. The number of morpholine rings is 1. The topological polar surface area (TPSA) is 93.7 Å². The summed E-state index contributed by atoms with van der Waals surface area (Å²) in [6.45, 7) is 6.27. The molecule has 0 aliphatic carbocycles. The molecule has 1 aliphatic rings. The smallest absolute Gasteiger partial charge is 0.293 e. The highest BCUT2D eigenvalue weighted by Crippen LogP contribution is 2.28. The molecule has 1 aromatic rings. The van der Waals surface area contributed by atoms with Crippen molar-refractivity contribution in [2.24, 2.45) is 5.84 Å². The van der Waals surface area contributed by atoms with E-state index in [-0.39, 0.29) is 17.9 Å². The van der Waals surface area contributed by atoms with Gasteiger partial charge in [-0.15, -0.1) is 0 Å². The monoisotopic (exact) mass is 280 g/mol. The molecule has 1 aromatic carbocycles. The number of benzene rings is 1. The molecule has 7 nitrogen and oxygen atoms in total. The van der Waals surface area contributed by atoms with E-state index in [0.717, 1.165) is 18.7 Å². The fourth-order valence-electron chi connectivity index (χ4n) is 2.69. The minimum absolute atomic E-state index is 0.000596. The summed E-state index contributed by atoms with van der Waals surface area (Å²) >= 11 is 0. The number of ether oxygens (including phenoxy) is 1. The van der Waals surface area contributed by atoms with E-state index in [9.17, 15) is 10.1 Å². The van der Waals surface area contributed by atoms with Crippen molar-refractivity contribution in [3.63, 3.8) is 0 Å². The second-order valence-corrected chi connectivity index (χ2v) is 5.16. The predicted octanol–water partition coefficient (Wildman–Crippen LogP) is 1.49. The van der Waals surface area contributed by atoms with E-state index >= 15 is 0 Å². The SMILES string of the molecule is C[C@@H]1CN(Cc2cccc([N+](=O)[O-])c2NN)C[C@H](C)O1. The largest absolute Gasteiger partial charge is 0.373 e. The molecule has 1 fully saturated rings. The zero-order chi connectivity index (χ0) is 14.7. The molecule has 110 valence electrons. The van der Waals surface area contributed by atoms with Gasteiger partial charge in [0, 0.05) is 25.7 Å². The first-order valence-electron chi connectivity index (χ1n) is 6.62. The molecular formula is C13H20N4O3. The van der Waals surface area contributed by atoms with Crippen LogP contribution < -0.4 is 11.3 Å². The molecule has 0 spiro atoms. The van der Waals surface area contributed by atoms with Gasteiger partial charge in [-0.2, -0.15) is 0 Å². The van der Waals surface area contributed by atoms with Crippen LogP contribution in [0.2, 0.25) is 0 Å². The van der Waals surface area contributed by atoms with Crippen LogP contribution in [0.25, 0.3) is 0 Å². The first-order valence-corrected chi connectivity index (χ1v) is 6.62. The predicted molar refractivity (Wildman–Crippen MR) is 76.2 cm³/mol. The van der Waals surface area contributed by atoms with E-state index < -0.39 is 4.92 Å². The third-order valence-electron chi connectivity index (χ3n) is 3.36. The van der Waals surface area contributed by atoms with Crippen LogP contribution in [-0.4, -0.2) is 35.1 Å². The van der Waals surface area contributed by atoms with E-state index in [4.69, 9.17) is 10.6 Å². The first-order chi connectivity index (χ1) is 9.51. The lowest BCUT2D eigenvalue weighted by atomic mass is 10.1. The summed E-state index contributed by atoms with van der Waals surface area (Å²) in [6, 6.07) is 4.98. The number of hydrogen-bond donors (Lipinski definition) is 2. The number of rotatable bonds is 4. The Bertz CT molecular complexity index is 485. The highest BCUT2D eigenvalue weighted by Gasteiger charge is 2.24. The second-order valence-electron chi connectivity index (χ2n) is 5.16. The molecule has 3 N–H and O–H groups in total. The number of nitrogens with two attached hydrogens (primary N) is 1. The molecule has 2 atom stereocenters. The zero-order valence-corrected chi connectivity index (χ0v) is 11.7. The number of nitro benzene ring substituents is 1. The van der Waals surface area contributed by atoms with Crippen LogP contribution in [-0.2, 0) is 11.3 Å². The van der Waals surface area contributed by atoms with Gasteiger partial charge >= 0.3 is 0 Å². The molecule has 0 bridgehead atoms. The number of hydrogen-bond acceptors (Lipinski definition) is 6. The quantitative estimate of drug-likeness (QED) is 0.493. The Kier molecular flexibility index (Phi) is 4.53. The number of nitrogens with zero attached hydrogens (tertiary/aromatic N) is 2. The van der Waals surface area contributed by atoms with Gasteiger partial charge < -0.3 is 10.2 Å². The van der Waals surface area contributed by atoms with Crippen LogP contribution in [0.4, 0.5) is 11.4 Å².